The predicted octanol–water partition coefficient (Wildman–Crippen LogP) is 2.35. The highest BCUT2D eigenvalue weighted by Gasteiger charge is 2.14. The van der Waals surface area contributed by atoms with Crippen LogP contribution in [-0.4, -0.2) is 21.5 Å². The minimum Gasteiger partial charge on any atom is -0.398 e. The minimum atomic E-state index is -0.122. The van der Waals surface area contributed by atoms with Crippen molar-refractivity contribution in [2.24, 2.45) is 0 Å². The fraction of sp³-hybridized carbons (Fsp3) is 0.286. The van der Waals surface area contributed by atoms with E-state index in [4.69, 9.17) is 5.73 Å². The van der Waals surface area contributed by atoms with E-state index in [1.807, 2.05) is 24.6 Å². The summed E-state index contributed by atoms with van der Waals surface area (Å²) in [6.45, 7) is 4.47. The molecule has 0 radical (unpaired) electrons. The standard InChI is InChI=1S/C14H17BrN4O/c1-9(7-19-4-3-17-8-19)18-14(20)12-5-11(15)6-13(16)10(12)2/h3-6,8-9H,7,16H2,1-2H3,(H,18,20). The third-order valence-corrected chi connectivity index (χ3v) is 3.54. The Balaban J connectivity index is 2.08. The number of halogens is 1. The molecule has 2 rings (SSSR count). The molecule has 0 spiro atoms. The van der Waals surface area contributed by atoms with Crippen LogP contribution in [-0.2, 0) is 6.54 Å². The van der Waals surface area contributed by atoms with Gasteiger partial charge in [-0.1, -0.05) is 15.9 Å². The maximum Gasteiger partial charge on any atom is 0.251 e. The van der Waals surface area contributed by atoms with Gasteiger partial charge in [-0.2, -0.15) is 0 Å². The van der Waals surface area contributed by atoms with Crippen LogP contribution in [0.1, 0.15) is 22.8 Å². The van der Waals surface area contributed by atoms with Crippen LogP contribution in [0.5, 0.6) is 0 Å². The van der Waals surface area contributed by atoms with E-state index in [1.54, 1.807) is 24.7 Å². The molecule has 20 heavy (non-hydrogen) atoms. The average Bonchev–Trinajstić information content (AvgIpc) is 2.86. The zero-order valence-electron chi connectivity index (χ0n) is 11.4. The van der Waals surface area contributed by atoms with Gasteiger partial charge < -0.3 is 15.6 Å². The molecule has 0 saturated heterocycles. The Morgan fingerprint density at radius 1 is 1.55 bits per heavy atom. The van der Waals surface area contributed by atoms with Crippen molar-refractivity contribution in [1.82, 2.24) is 14.9 Å². The van der Waals surface area contributed by atoms with E-state index in [9.17, 15) is 4.79 Å². The monoisotopic (exact) mass is 336 g/mol. The molecule has 1 unspecified atom stereocenters. The summed E-state index contributed by atoms with van der Waals surface area (Å²) in [6.07, 6.45) is 5.31. The van der Waals surface area contributed by atoms with Crippen molar-refractivity contribution in [3.8, 4) is 0 Å². The third kappa shape index (κ3) is 3.39. The Kier molecular flexibility index (Phi) is 4.44. The smallest absolute Gasteiger partial charge is 0.251 e. The van der Waals surface area contributed by atoms with E-state index in [1.165, 1.54) is 0 Å². The van der Waals surface area contributed by atoms with Crippen LogP contribution in [0.3, 0.4) is 0 Å². The summed E-state index contributed by atoms with van der Waals surface area (Å²) < 4.78 is 2.72. The number of nitrogens with one attached hydrogen (secondary N) is 1. The van der Waals surface area contributed by atoms with Gasteiger partial charge >= 0.3 is 0 Å². The van der Waals surface area contributed by atoms with Crippen molar-refractivity contribution in [3.63, 3.8) is 0 Å². The fourth-order valence-electron chi connectivity index (χ4n) is 1.99. The number of hydrogen-bond acceptors (Lipinski definition) is 3. The van der Waals surface area contributed by atoms with Crippen molar-refractivity contribution in [3.05, 3.63) is 46.5 Å². The number of nitrogens with zero attached hydrogens (tertiary/aromatic N) is 2. The Bertz CT molecular complexity index is 610. The number of carbonyl (C=O) groups is 1. The summed E-state index contributed by atoms with van der Waals surface area (Å²) in [5.74, 6) is -0.122. The van der Waals surface area contributed by atoms with Gasteiger partial charge in [0.05, 0.1) is 6.33 Å². The molecular weight excluding hydrogens is 320 g/mol. The first-order valence-corrected chi connectivity index (χ1v) is 7.09. The van der Waals surface area contributed by atoms with Gasteiger partial charge in [-0.15, -0.1) is 0 Å². The summed E-state index contributed by atoms with van der Waals surface area (Å²) in [4.78, 5) is 16.3. The van der Waals surface area contributed by atoms with Gasteiger partial charge in [0, 0.05) is 40.7 Å². The first-order chi connectivity index (χ1) is 9.47. The highest BCUT2D eigenvalue weighted by atomic mass is 79.9. The van der Waals surface area contributed by atoms with Gasteiger partial charge in [-0.05, 0) is 31.5 Å². The predicted molar refractivity (Wildman–Crippen MR) is 82.4 cm³/mol. The number of amides is 1. The van der Waals surface area contributed by atoms with Crippen LogP contribution >= 0.6 is 15.9 Å². The maximum atomic E-state index is 12.3. The number of rotatable bonds is 4. The lowest BCUT2D eigenvalue weighted by Gasteiger charge is -2.16. The first-order valence-electron chi connectivity index (χ1n) is 6.29. The highest BCUT2D eigenvalue weighted by molar-refractivity contribution is 9.10. The molecule has 2 aromatic rings. The van der Waals surface area contributed by atoms with Crippen LogP contribution in [0.25, 0.3) is 0 Å². The van der Waals surface area contributed by atoms with Gasteiger partial charge in [-0.3, -0.25) is 4.79 Å². The molecule has 0 aliphatic rings. The van der Waals surface area contributed by atoms with Crippen molar-refractivity contribution in [2.45, 2.75) is 26.4 Å². The van der Waals surface area contributed by atoms with E-state index in [2.05, 4.69) is 26.2 Å². The van der Waals surface area contributed by atoms with Gasteiger partial charge in [0.1, 0.15) is 0 Å². The topological polar surface area (TPSA) is 72.9 Å². The van der Waals surface area contributed by atoms with Crippen molar-refractivity contribution in [1.29, 1.82) is 0 Å². The number of nitrogen functional groups attached to an aromatic ring is 1. The molecule has 1 aromatic heterocycles. The van der Waals surface area contributed by atoms with E-state index in [0.29, 0.717) is 17.8 Å². The summed E-state index contributed by atoms with van der Waals surface area (Å²) >= 11 is 3.36. The second-order valence-electron chi connectivity index (χ2n) is 4.80. The van der Waals surface area contributed by atoms with Crippen molar-refractivity contribution < 1.29 is 4.79 Å². The summed E-state index contributed by atoms with van der Waals surface area (Å²) in [5.41, 5.74) is 7.87. The molecule has 0 bridgehead atoms. The average molecular weight is 337 g/mol. The minimum absolute atomic E-state index is 0.00342. The summed E-state index contributed by atoms with van der Waals surface area (Å²) in [6, 6.07) is 3.57. The van der Waals surface area contributed by atoms with E-state index in [-0.39, 0.29) is 11.9 Å². The molecule has 0 aliphatic carbocycles. The Labute approximate surface area is 126 Å². The van der Waals surface area contributed by atoms with Crippen molar-refractivity contribution in [2.75, 3.05) is 5.73 Å². The SMILES string of the molecule is Cc1c(N)cc(Br)cc1C(=O)NC(C)Cn1ccnc1. The fourth-order valence-corrected chi connectivity index (χ4v) is 2.47. The highest BCUT2D eigenvalue weighted by Crippen LogP contribution is 2.22. The molecular formula is C14H17BrN4O. The normalized spacial score (nSPS) is 12.2. The maximum absolute atomic E-state index is 12.3. The lowest BCUT2D eigenvalue weighted by Crippen LogP contribution is -2.35. The molecule has 5 nitrogen and oxygen atoms in total. The van der Waals surface area contributed by atoms with Crippen LogP contribution in [0.15, 0.2) is 35.3 Å². The van der Waals surface area contributed by atoms with Crippen LogP contribution in [0.2, 0.25) is 0 Å². The second kappa shape index (κ2) is 6.09. The molecule has 1 heterocycles. The number of hydrogen-bond donors (Lipinski definition) is 2. The van der Waals surface area contributed by atoms with Crippen LogP contribution in [0, 0.1) is 6.92 Å². The van der Waals surface area contributed by atoms with Crippen LogP contribution in [0.4, 0.5) is 5.69 Å². The molecule has 1 aromatic carbocycles. The first kappa shape index (κ1) is 14.6. The zero-order chi connectivity index (χ0) is 14.7. The quantitative estimate of drug-likeness (QED) is 0.841. The largest absolute Gasteiger partial charge is 0.398 e. The van der Waals surface area contributed by atoms with E-state index < -0.39 is 0 Å². The second-order valence-corrected chi connectivity index (χ2v) is 5.72. The van der Waals surface area contributed by atoms with Crippen LogP contribution < -0.4 is 11.1 Å². The molecule has 6 heteroatoms. The van der Waals surface area contributed by atoms with Gasteiger partial charge in [0.25, 0.3) is 5.91 Å². The van der Waals surface area contributed by atoms with E-state index in [0.717, 1.165) is 10.0 Å². The number of carbonyl (C=O) groups excluding carboxylic acids is 1. The molecule has 3 N–H and O–H groups in total. The van der Waals surface area contributed by atoms with Gasteiger partial charge in [0.15, 0.2) is 0 Å². The molecule has 106 valence electrons. The summed E-state index contributed by atoms with van der Waals surface area (Å²) in [5, 5.41) is 2.97. The molecule has 0 fully saturated rings. The Morgan fingerprint density at radius 2 is 2.30 bits per heavy atom. The molecule has 0 aliphatic heterocycles. The zero-order valence-corrected chi connectivity index (χ0v) is 13.0. The lowest BCUT2D eigenvalue weighted by atomic mass is 10.1. The number of imidazole rings is 1. The number of nitrogens with two attached hydrogens (primary N) is 1. The molecule has 1 amide bonds. The lowest BCUT2D eigenvalue weighted by molar-refractivity contribution is 0.0936. The van der Waals surface area contributed by atoms with E-state index >= 15 is 0 Å². The molecule has 1 atom stereocenters. The molecule has 0 saturated carbocycles. The van der Waals surface area contributed by atoms with Gasteiger partial charge in [0.2, 0.25) is 0 Å². The van der Waals surface area contributed by atoms with Gasteiger partial charge in [-0.25, -0.2) is 4.98 Å². The number of aromatic nitrogens is 2. The number of benzene rings is 1. The Hall–Kier alpha value is -1.82. The third-order valence-electron chi connectivity index (χ3n) is 3.08. The summed E-state index contributed by atoms with van der Waals surface area (Å²) in [7, 11) is 0. The van der Waals surface area contributed by atoms with Crippen molar-refractivity contribution >= 4 is 27.5 Å². The number of anilines is 1. The Morgan fingerprint density at radius 3 is 2.95 bits per heavy atom.